The van der Waals surface area contributed by atoms with Crippen molar-refractivity contribution < 1.29 is 18.7 Å². The van der Waals surface area contributed by atoms with Crippen LogP contribution >= 0.6 is 0 Å². The van der Waals surface area contributed by atoms with Gasteiger partial charge in [-0.15, -0.1) is 0 Å². The van der Waals surface area contributed by atoms with E-state index in [4.69, 9.17) is 9.15 Å². The number of aliphatic hydroxyl groups is 1. The molecule has 0 aliphatic rings. The molecule has 0 spiro atoms. The quantitative estimate of drug-likeness (QED) is 0.276. The maximum atomic E-state index is 14.0. The molecule has 0 bridgehead atoms. The molecule has 0 aliphatic heterocycles. The van der Waals surface area contributed by atoms with E-state index in [0.717, 1.165) is 11.5 Å². The fraction of sp³-hybridized carbons (Fsp3) is 0.267. The van der Waals surface area contributed by atoms with Gasteiger partial charge in [0, 0.05) is 30.1 Å². The number of benzene rings is 2. The summed E-state index contributed by atoms with van der Waals surface area (Å²) in [7, 11) is 1.68. The number of nitrogens with one attached hydrogen (secondary N) is 1. The standard InChI is InChI=1S/C30H30FN3O4/c1-15-10-20(31)11-16(2)27(15)37-24-9-8-19(30(5,6)36)12-21(24)23-14-34(7)29(35)22-13-25(38-28(22)23)26-17(3)32-18(4)33-26/h8-14,36H,1-7H3,(H,32,33). The molecular weight excluding hydrogens is 485 g/mol. The van der Waals surface area contributed by atoms with Gasteiger partial charge in [-0.05, 0) is 88.6 Å². The zero-order valence-corrected chi connectivity index (χ0v) is 22.5. The number of nitrogens with zero attached hydrogens (tertiary/aromatic N) is 2. The Kier molecular flexibility index (Phi) is 6.03. The lowest BCUT2D eigenvalue weighted by Crippen LogP contribution is -2.17. The summed E-state index contributed by atoms with van der Waals surface area (Å²) in [6.07, 6.45) is 1.70. The summed E-state index contributed by atoms with van der Waals surface area (Å²) >= 11 is 0. The lowest BCUT2D eigenvalue weighted by molar-refractivity contribution is 0.0786. The SMILES string of the molecule is Cc1nc(-c2cc3c(=O)n(C)cc(-c4cc(C(C)(C)O)ccc4Oc4c(C)cc(F)cc4C)c3o2)c(C)[nH]1. The number of ether oxygens (including phenoxy) is 1. The topological polar surface area (TPSA) is 93.3 Å². The number of H-pyrrole nitrogens is 1. The maximum absolute atomic E-state index is 14.0. The second-order valence-corrected chi connectivity index (χ2v) is 10.3. The Hall–Kier alpha value is -4.17. The third kappa shape index (κ3) is 4.41. The molecule has 0 radical (unpaired) electrons. The van der Waals surface area contributed by atoms with Crippen LogP contribution in [0.25, 0.3) is 33.6 Å². The zero-order valence-electron chi connectivity index (χ0n) is 22.5. The van der Waals surface area contributed by atoms with E-state index in [0.29, 0.717) is 61.7 Å². The summed E-state index contributed by atoms with van der Waals surface area (Å²) in [4.78, 5) is 20.8. The Labute approximate surface area is 219 Å². The molecule has 7 nitrogen and oxygen atoms in total. The molecule has 8 heteroatoms. The Bertz CT molecular complexity index is 1750. The van der Waals surface area contributed by atoms with Gasteiger partial charge in [-0.1, -0.05) is 6.07 Å². The first kappa shape index (κ1) is 25.5. The van der Waals surface area contributed by atoms with Gasteiger partial charge >= 0.3 is 0 Å². The molecule has 0 saturated heterocycles. The highest BCUT2D eigenvalue weighted by molar-refractivity contribution is 5.95. The summed E-state index contributed by atoms with van der Waals surface area (Å²) in [6.45, 7) is 10.7. The van der Waals surface area contributed by atoms with E-state index in [-0.39, 0.29) is 11.4 Å². The minimum atomic E-state index is -1.13. The van der Waals surface area contributed by atoms with Gasteiger partial charge in [0.2, 0.25) is 0 Å². The molecule has 38 heavy (non-hydrogen) atoms. The lowest BCUT2D eigenvalue weighted by Gasteiger charge is -2.21. The monoisotopic (exact) mass is 515 g/mol. The van der Waals surface area contributed by atoms with Crippen molar-refractivity contribution in [3.8, 4) is 34.1 Å². The minimum Gasteiger partial charge on any atom is -0.456 e. The van der Waals surface area contributed by atoms with Crippen LogP contribution in [0.3, 0.4) is 0 Å². The number of aryl methyl sites for hydroxylation is 5. The molecule has 3 aromatic heterocycles. The number of aromatic nitrogens is 3. The first-order valence-corrected chi connectivity index (χ1v) is 12.3. The fourth-order valence-corrected chi connectivity index (χ4v) is 4.79. The second kappa shape index (κ2) is 8.99. The van der Waals surface area contributed by atoms with E-state index in [2.05, 4.69) is 9.97 Å². The average molecular weight is 516 g/mol. The number of halogens is 1. The van der Waals surface area contributed by atoms with Gasteiger partial charge in [0.15, 0.2) is 5.76 Å². The molecular formula is C30H30FN3O4. The number of fused-ring (bicyclic) bond motifs is 1. The first-order chi connectivity index (χ1) is 17.8. The summed E-state index contributed by atoms with van der Waals surface area (Å²) in [5.74, 6) is 1.88. The third-order valence-corrected chi connectivity index (χ3v) is 6.70. The van der Waals surface area contributed by atoms with Crippen molar-refractivity contribution >= 4 is 11.0 Å². The molecule has 2 aromatic carbocycles. The van der Waals surface area contributed by atoms with E-state index in [1.165, 1.54) is 16.7 Å². The fourth-order valence-electron chi connectivity index (χ4n) is 4.79. The van der Waals surface area contributed by atoms with Crippen molar-refractivity contribution in [3.05, 3.63) is 87.0 Å². The molecule has 0 aliphatic carbocycles. The number of furan rings is 1. The van der Waals surface area contributed by atoms with Gasteiger partial charge in [0.1, 0.15) is 34.4 Å². The number of aromatic amines is 1. The maximum Gasteiger partial charge on any atom is 0.261 e. The second-order valence-electron chi connectivity index (χ2n) is 10.3. The molecule has 3 heterocycles. The van der Waals surface area contributed by atoms with Crippen molar-refractivity contribution in [2.24, 2.45) is 7.05 Å². The third-order valence-electron chi connectivity index (χ3n) is 6.70. The van der Waals surface area contributed by atoms with Crippen molar-refractivity contribution in [2.75, 3.05) is 0 Å². The highest BCUT2D eigenvalue weighted by Crippen LogP contribution is 2.42. The first-order valence-electron chi connectivity index (χ1n) is 12.3. The lowest BCUT2D eigenvalue weighted by atomic mass is 9.93. The molecule has 0 amide bonds. The van der Waals surface area contributed by atoms with Gasteiger partial charge < -0.3 is 23.8 Å². The van der Waals surface area contributed by atoms with Crippen LogP contribution in [-0.4, -0.2) is 19.6 Å². The predicted molar refractivity (Wildman–Crippen MR) is 145 cm³/mol. The van der Waals surface area contributed by atoms with E-state index in [1.54, 1.807) is 59.1 Å². The van der Waals surface area contributed by atoms with Gasteiger partial charge in [0.25, 0.3) is 5.56 Å². The van der Waals surface area contributed by atoms with Crippen LogP contribution in [0.1, 0.15) is 42.1 Å². The molecule has 2 N–H and O–H groups in total. The zero-order chi connectivity index (χ0) is 27.5. The Morgan fingerprint density at radius 1 is 1.05 bits per heavy atom. The largest absolute Gasteiger partial charge is 0.456 e. The van der Waals surface area contributed by atoms with Crippen LogP contribution in [-0.2, 0) is 12.6 Å². The highest BCUT2D eigenvalue weighted by Gasteiger charge is 2.24. The Morgan fingerprint density at radius 2 is 1.74 bits per heavy atom. The predicted octanol–water partition coefficient (Wildman–Crippen LogP) is 6.58. The molecule has 5 rings (SSSR count). The minimum absolute atomic E-state index is 0.213. The van der Waals surface area contributed by atoms with Crippen molar-refractivity contribution in [2.45, 2.75) is 47.1 Å². The molecule has 0 atom stereocenters. The van der Waals surface area contributed by atoms with E-state index < -0.39 is 5.60 Å². The number of rotatable bonds is 5. The van der Waals surface area contributed by atoms with Gasteiger partial charge in [0.05, 0.1) is 11.0 Å². The Balaban J connectivity index is 1.78. The van der Waals surface area contributed by atoms with Gasteiger partial charge in [-0.3, -0.25) is 4.79 Å². The molecule has 0 fully saturated rings. The van der Waals surface area contributed by atoms with Crippen LogP contribution in [0.2, 0.25) is 0 Å². The number of hydrogen-bond donors (Lipinski definition) is 2. The van der Waals surface area contributed by atoms with E-state index >= 15 is 0 Å². The summed E-state index contributed by atoms with van der Waals surface area (Å²) < 4.78 is 28.1. The van der Waals surface area contributed by atoms with Gasteiger partial charge in [-0.25, -0.2) is 9.37 Å². The number of pyridine rings is 1. The normalized spacial score (nSPS) is 11.9. The molecule has 0 saturated carbocycles. The van der Waals surface area contributed by atoms with Crippen molar-refractivity contribution in [1.82, 2.24) is 14.5 Å². The van der Waals surface area contributed by atoms with Crippen molar-refractivity contribution in [1.29, 1.82) is 0 Å². The smallest absolute Gasteiger partial charge is 0.261 e. The average Bonchev–Trinajstić information content (AvgIpc) is 3.41. The van der Waals surface area contributed by atoms with Crippen molar-refractivity contribution in [3.63, 3.8) is 0 Å². The van der Waals surface area contributed by atoms with Crippen LogP contribution in [0.15, 0.2) is 51.8 Å². The molecule has 196 valence electrons. The van der Waals surface area contributed by atoms with Crippen LogP contribution in [0, 0.1) is 33.5 Å². The van der Waals surface area contributed by atoms with E-state index in [1.807, 2.05) is 19.9 Å². The summed E-state index contributed by atoms with van der Waals surface area (Å²) in [5, 5.41) is 11.2. The Morgan fingerprint density at radius 3 is 2.34 bits per heavy atom. The molecule has 5 aromatic rings. The number of imidazole rings is 1. The number of hydrogen-bond acceptors (Lipinski definition) is 5. The van der Waals surface area contributed by atoms with E-state index in [9.17, 15) is 14.3 Å². The summed E-state index contributed by atoms with van der Waals surface area (Å²) in [6, 6.07) is 9.94. The molecule has 0 unspecified atom stereocenters. The van der Waals surface area contributed by atoms with Crippen LogP contribution in [0.4, 0.5) is 4.39 Å². The van der Waals surface area contributed by atoms with Crippen LogP contribution in [0.5, 0.6) is 11.5 Å². The highest BCUT2D eigenvalue weighted by atomic mass is 19.1. The van der Waals surface area contributed by atoms with Gasteiger partial charge in [-0.2, -0.15) is 0 Å². The summed E-state index contributed by atoms with van der Waals surface area (Å²) in [5.41, 5.74) is 3.67. The van der Waals surface area contributed by atoms with Crippen LogP contribution < -0.4 is 10.3 Å².